The van der Waals surface area contributed by atoms with E-state index in [-0.39, 0.29) is 6.04 Å². The second kappa shape index (κ2) is 5.59. The van der Waals surface area contributed by atoms with E-state index < -0.39 is 0 Å². The fourth-order valence-corrected chi connectivity index (χ4v) is 1.79. The number of hydrogen-bond acceptors (Lipinski definition) is 4. The molecule has 2 aromatic rings. The molecular weight excluding hydrogens is 212 g/mol. The summed E-state index contributed by atoms with van der Waals surface area (Å²) in [5, 5.41) is 13.7. The maximum Gasteiger partial charge on any atom is 0.156 e. The standard InChI is InChI=1S/C13H18N4/c1-10(14)5-4-8-15-13-12-7-3-2-6-11(12)9-16-17-13/h2-3,6-7,9-10H,4-5,8,14H2,1H3,(H,15,17). The van der Waals surface area contributed by atoms with Crippen LogP contribution in [0.2, 0.25) is 0 Å². The van der Waals surface area contributed by atoms with E-state index in [1.54, 1.807) is 6.20 Å². The van der Waals surface area contributed by atoms with Crippen molar-refractivity contribution in [3.63, 3.8) is 0 Å². The maximum atomic E-state index is 5.71. The predicted molar refractivity (Wildman–Crippen MR) is 70.9 cm³/mol. The van der Waals surface area contributed by atoms with Gasteiger partial charge in [-0.25, -0.2) is 0 Å². The van der Waals surface area contributed by atoms with Crippen LogP contribution in [0.3, 0.4) is 0 Å². The number of anilines is 1. The first kappa shape index (κ1) is 11.8. The van der Waals surface area contributed by atoms with Crippen molar-refractivity contribution in [2.45, 2.75) is 25.8 Å². The molecule has 1 aromatic heterocycles. The van der Waals surface area contributed by atoms with Gasteiger partial charge < -0.3 is 11.1 Å². The van der Waals surface area contributed by atoms with Crippen molar-refractivity contribution in [1.29, 1.82) is 0 Å². The van der Waals surface area contributed by atoms with E-state index in [2.05, 4.69) is 21.6 Å². The van der Waals surface area contributed by atoms with Crippen molar-refractivity contribution in [3.8, 4) is 0 Å². The minimum Gasteiger partial charge on any atom is -0.368 e. The van der Waals surface area contributed by atoms with Gasteiger partial charge in [0, 0.05) is 23.4 Å². The first-order chi connectivity index (χ1) is 8.27. The summed E-state index contributed by atoms with van der Waals surface area (Å²) in [6.07, 6.45) is 3.84. The van der Waals surface area contributed by atoms with Crippen LogP contribution in [0, 0.1) is 0 Å². The Bertz CT molecular complexity index is 476. The number of nitrogens with one attached hydrogen (secondary N) is 1. The number of aromatic nitrogens is 2. The smallest absolute Gasteiger partial charge is 0.156 e. The SMILES string of the molecule is CC(N)CCCNc1nncc2ccccc12. The third kappa shape index (κ3) is 3.14. The summed E-state index contributed by atoms with van der Waals surface area (Å²) >= 11 is 0. The first-order valence-corrected chi connectivity index (χ1v) is 5.97. The molecule has 4 nitrogen and oxygen atoms in total. The highest BCUT2D eigenvalue weighted by Gasteiger charge is 2.01. The molecule has 0 aliphatic rings. The number of nitrogens with two attached hydrogens (primary N) is 1. The van der Waals surface area contributed by atoms with Crippen LogP contribution < -0.4 is 11.1 Å². The average molecular weight is 230 g/mol. The summed E-state index contributed by atoms with van der Waals surface area (Å²) in [6, 6.07) is 8.37. The minimum absolute atomic E-state index is 0.260. The average Bonchev–Trinajstić information content (AvgIpc) is 2.34. The Kier molecular flexibility index (Phi) is 3.88. The predicted octanol–water partition coefficient (Wildman–Crippen LogP) is 2.17. The van der Waals surface area contributed by atoms with Crippen molar-refractivity contribution in [3.05, 3.63) is 30.5 Å². The molecule has 0 aliphatic carbocycles. The highest BCUT2D eigenvalue weighted by atomic mass is 15.2. The lowest BCUT2D eigenvalue weighted by molar-refractivity contribution is 0.639. The zero-order valence-corrected chi connectivity index (χ0v) is 10.1. The van der Waals surface area contributed by atoms with E-state index in [4.69, 9.17) is 5.73 Å². The fraction of sp³-hybridized carbons (Fsp3) is 0.385. The van der Waals surface area contributed by atoms with Gasteiger partial charge in [-0.05, 0) is 19.8 Å². The monoisotopic (exact) mass is 230 g/mol. The topological polar surface area (TPSA) is 63.8 Å². The number of fused-ring (bicyclic) bond motifs is 1. The Balaban J connectivity index is 2.03. The molecule has 0 radical (unpaired) electrons. The molecule has 2 rings (SSSR count). The second-order valence-electron chi connectivity index (χ2n) is 4.33. The molecule has 3 N–H and O–H groups in total. The Morgan fingerprint density at radius 1 is 1.35 bits per heavy atom. The van der Waals surface area contributed by atoms with Gasteiger partial charge in [0.2, 0.25) is 0 Å². The van der Waals surface area contributed by atoms with E-state index in [0.717, 1.165) is 36.0 Å². The number of rotatable bonds is 5. The summed E-state index contributed by atoms with van der Waals surface area (Å²) in [5.41, 5.74) is 5.71. The van der Waals surface area contributed by atoms with Crippen LogP contribution in [0.5, 0.6) is 0 Å². The van der Waals surface area contributed by atoms with Crippen LogP contribution in [0.15, 0.2) is 30.5 Å². The molecule has 0 bridgehead atoms. The molecule has 1 heterocycles. The summed E-state index contributed by atoms with van der Waals surface area (Å²) in [4.78, 5) is 0. The zero-order valence-electron chi connectivity index (χ0n) is 10.1. The molecule has 1 aromatic carbocycles. The molecule has 0 aliphatic heterocycles. The largest absolute Gasteiger partial charge is 0.368 e. The molecule has 0 saturated heterocycles. The normalized spacial score (nSPS) is 12.6. The maximum absolute atomic E-state index is 5.71. The molecule has 17 heavy (non-hydrogen) atoms. The summed E-state index contributed by atoms with van der Waals surface area (Å²) in [7, 11) is 0. The van der Waals surface area contributed by atoms with E-state index in [1.807, 2.05) is 25.1 Å². The Labute approximate surface area is 101 Å². The first-order valence-electron chi connectivity index (χ1n) is 5.97. The van der Waals surface area contributed by atoms with E-state index in [9.17, 15) is 0 Å². The lowest BCUT2D eigenvalue weighted by Crippen LogP contribution is -2.16. The summed E-state index contributed by atoms with van der Waals surface area (Å²) in [6.45, 7) is 2.90. The lowest BCUT2D eigenvalue weighted by atomic mass is 10.2. The van der Waals surface area contributed by atoms with Gasteiger partial charge in [0.05, 0.1) is 6.20 Å². The molecule has 4 heteroatoms. The van der Waals surface area contributed by atoms with Crippen molar-refractivity contribution in [2.24, 2.45) is 5.73 Å². The van der Waals surface area contributed by atoms with Gasteiger partial charge in [-0.3, -0.25) is 0 Å². The zero-order chi connectivity index (χ0) is 12.1. The van der Waals surface area contributed by atoms with Crippen LogP contribution in [0.25, 0.3) is 10.8 Å². The molecule has 90 valence electrons. The summed E-state index contributed by atoms with van der Waals surface area (Å²) in [5.74, 6) is 0.854. The molecule has 0 fully saturated rings. The van der Waals surface area contributed by atoms with Gasteiger partial charge in [-0.15, -0.1) is 5.10 Å². The molecule has 1 unspecified atom stereocenters. The number of hydrogen-bond donors (Lipinski definition) is 2. The second-order valence-corrected chi connectivity index (χ2v) is 4.33. The van der Waals surface area contributed by atoms with Crippen LogP contribution in [-0.2, 0) is 0 Å². The lowest BCUT2D eigenvalue weighted by Gasteiger charge is -2.08. The molecule has 1 atom stereocenters. The highest BCUT2D eigenvalue weighted by molar-refractivity contribution is 5.90. The van der Waals surface area contributed by atoms with Crippen molar-refractivity contribution in [2.75, 3.05) is 11.9 Å². The van der Waals surface area contributed by atoms with Crippen molar-refractivity contribution >= 4 is 16.6 Å². The van der Waals surface area contributed by atoms with Crippen LogP contribution in [0.4, 0.5) is 5.82 Å². The third-order valence-electron chi connectivity index (χ3n) is 2.70. The van der Waals surface area contributed by atoms with Crippen LogP contribution in [0.1, 0.15) is 19.8 Å². The highest BCUT2D eigenvalue weighted by Crippen LogP contribution is 2.18. The van der Waals surface area contributed by atoms with Gasteiger partial charge in [0.25, 0.3) is 0 Å². The molecule has 0 amide bonds. The fourth-order valence-electron chi connectivity index (χ4n) is 1.79. The number of nitrogens with zero attached hydrogens (tertiary/aromatic N) is 2. The van der Waals surface area contributed by atoms with E-state index >= 15 is 0 Å². The Morgan fingerprint density at radius 3 is 3.00 bits per heavy atom. The van der Waals surface area contributed by atoms with Gasteiger partial charge in [0.1, 0.15) is 0 Å². The van der Waals surface area contributed by atoms with Gasteiger partial charge in [-0.2, -0.15) is 5.10 Å². The summed E-state index contributed by atoms with van der Waals surface area (Å²) < 4.78 is 0. The van der Waals surface area contributed by atoms with Crippen LogP contribution in [-0.4, -0.2) is 22.8 Å². The van der Waals surface area contributed by atoms with Gasteiger partial charge in [-0.1, -0.05) is 24.3 Å². The Morgan fingerprint density at radius 2 is 2.18 bits per heavy atom. The van der Waals surface area contributed by atoms with Crippen molar-refractivity contribution in [1.82, 2.24) is 10.2 Å². The van der Waals surface area contributed by atoms with E-state index in [1.165, 1.54) is 0 Å². The van der Waals surface area contributed by atoms with Gasteiger partial charge in [0.15, 0.2) is 5.82 Å². The third-order valence-corrected chi connectivity index (χ3v) is 2.70. The van der Waals surface area contributed by atoms with Crippen molar-refractivity contribution < 1.29 is 0 Å². The van der Waals surface area contributed by atoms with E-state index in [0.29, 0.717) is 0 Å². The minimum atomic E-state index is 0.260. The Hall–Kier alpha value is -1.68. The quantitative estimate of drug-likeness (QED) is 0.773. The molecule has 0 saturated carbocycles. The molecular formula is C13H18N4. The van der Waals surface area contributed by atoms with Gasteiger partial charge >= 0.3 is 0 Å². The molecule has 0 spiro atoms. The van der Waals surface area contributed by atoms with Crippen LogP contribution >= 0.6 is 0 Å². The number of benzene rings is 1.